The molecule has 5 rings (SSSR count). The number of imide groups is 1. The standard InChI is InChI=1S/C28H23N3O3S/c1-17-12-13-20(14-18(17)2)23-16-35-28(29-23)30-25(32)24(15-19-8-4-3-5-9-19)31-26(33)21-10-6-7-11-22(21)27(31)34/h3-14,16,24H,15H2,1-2H3,(H,29,30,32). The van der Waals surface area contributed by atoms with Gasteiger partial charge in [0.05, 0.1) is 16.8 Å². The first-order chi connectivity index (χ1) is 16.9. The highest BCUT2D eigenvalue weighted by molar-refractivity contribution is 7.14. The average molecular weight is 482 g/mol. The van der Waals surface area contributed by atoms with Crippen molar-refractivity contribution in [1.82, 2.24) is 9.88 Å². The lowest BCUT2D eigenvalue weighted by Gasteiger charge is -2.25. The maximum absolute atomic E-state index is 13.5. The number of nitrogens with one attached hydrogen (secondary N) is 1. The van der Waals surface area contributed by atoms with Crippen molar-refractivity contribution in [2.45, 2.75) is 26.3 Å². The second-order valence-electron chi connectivity index (χ2n) is 8.56. The molecule has 174 valence electrons. The Balaban J connectivity index is 1.43. The molecule has 1 aliphatic heterocycles. The van der Waals surface area contributed by atoms with Gasteiger partial charge in [0, 0.05) is 17.4 Å². The van der Waals surface area contributed by atoms with Gasteiger partial charge in [-0.05, 0) is 48.7 Å². The number of hydrogen-bond donors (Lipinski definition) is 1. The summed E-state index contributed by atoms with van der Waals surface area (Å²) in [6, 6.07) is 21.1. The molecule has 0 saturated carbocycles. The molecule has 1 unspecified atom stereocenters. The summed E-state index contributed by atoms with van der Waals surface area (Å²) in [5.41, 5.74) is 5.56. The summed E-state index contributed by atoms with van der Waals surface area (Å²) in [6.07, 6.45) is 0.202. The van der Waals surface area contributed by atoms with Gasteiger partial charge in [-0.2, -0.15) is 0 Å². The maximum atomic E-state index is 13.5. The van der Waals surface area contributed by atoms with Crippen molar-refractivity contribution < 1.29 is 14.4 Å². The number of benzene rings is 3. The molecule has 1 atom stereocenters. The van der Waals surface area contributed by atoms with Crippen LogP contribution in [0.2, 0.25) is 0 Å². The van der Waals surface area contributed by atoms with Gasteiger partial charge in [0.15, 0.2) is 5.13 Å². The molecule has 0 radical (unpaired) electrons. The topological polar surface area (TPSA) is 79.4 Å². The Morgan fingerprint density at radius 1 is 0.914 bits per heavy atom. The maximum Gasteiger partial charge on any atom is 0.262 e. The third kappa shape index (κ3) is 4.38. The van der Waals surface area contributed by atoms with Crippen molar-refractivity contribution in [2.24, 2.45) is 0 Å². The van der Waals surface area contributed by atoms with Crippen LogP contribution in [0.3, 0.4) is 0 Å². The minimum Gasteiger partial charge on any atom is -0.300 e. The second kappa shape index (κ2) is 9.27. The van der Waals surface area contributed by atoms with Gasteiger partial charge in [-0.1, -0.05) is 54.6 Å². The molecule has 4 aromatic rings. The minimum atomic E-state index is -1.02. The molecule has 6 nitrogen and oxygen atoms in total. The fourth-order valence-corrected chi connectivity index (χ4v) is 4.91. The number of aromatic nitrogens is 1. The molecule has 0 spiro atoms. The van der Waals surface area contributed by atoms with E-state index in [0.29, 0.717) is 16.3 Å². The zero-order valence-electron chi connectivity index (χ0n) is 19.3. The van der Waals surface area contributed by atoms with Crippen LogP contribution in [0, 0.1) is 13.8 Å². The Morgan fingerprint density at radius 3 is 2.23 bits per heavy atom. The number of anilines is 1. The zero-order valence-corrected chi connectivity index (χ0v) is 20.1. The van der Waals surface area contributed by atoms with E-state index in [1.807, 2.05) is 54.8 Å². The summed E-state index contributed by atoms with van der Waals surface area (Å²) in [4.78, 5) is 45.5. The quantitative estimate of drug-likeness (QED) is 0.381. The number of amides is 3. The molecule has 0 bridgehead atoms. The van der Waals surface area contributed by atoms with Crippen LogP contribution in [0.4, 0.5) is 5.13 Å². The van der Waals surface area contributed by atoms with Gasteiger partial charge in [0.1, 0.15) is 6.04 Å². The predicted molar refractivity (Wildman–Crippen MR) is 137 cm³/mol. The summed E-state index contributed by atoms with van der Waals surface area (Å²) in [5, 5.41) is 5.14. The van der Waals surface area contributed by atoms with E-state index in [1.165, 1.54) is 16.9 Å². The van der Waals surface area contributed by atoms with E-state index in [-0.39, 0.29) is 6.42 Å². The molecule has 0 aliphatic carbocycles. The Hall–Kier alpha value is -4.10. The van der Waals surface area contributed by atoms with E-state index in [0.717, 1.165) is 27.3 Å². The van der Waals surface area contributed by atoms with Crippen molar-refractivity contribution in [3.8, 4) is 11.3 Å². The van der Waals surface area contributed by atoms with Crippen molar-refractivity contribution in [3.05, 3.63) is 106 Å². The fraction of sp³-hybridized carbons (Fsp3) is 0.143. The van der Waals surface area contributed by atoms with Crippen LogP contribution in [0.15, 0.2) is 78.2 Å². The fourth-order valence-electron chi connectivity index (χ4n) is 4.18. The number of fused-ring (bicyclic) bond motifs is 1. The summed E-state index contributed by atoms with van der Waals surface area (Å²) in [6.45, 7) is 4.10. The Bertz CT molecular complexity index is 1410. The van der Waals surface area contributed by atoms with Crippen LogP contribution in [0.1, 0.15) is 37.4 Å². The first kappa shape index (κ1) is 22.7. The van der Waals surface area contributed by atoms with Crippen molar-refractivity contribution in [1.29, 1.82) is 0 Å². The monoisotopic (exact) mass is 481 g/mol. The van der Waals surface area contributed by atoms with Gasteiger partial charge < -0.3 is 5.32 Å². The van der Waals surface area contributed by atoms with Crippen molar-refractivity contribution in [2.75, 3.05) is 5.32 Å². The number of thiazole rings is 1. The van der Waals surface area contributed by atoms with Crippen LogP contribution >= 0.6 is 11.3 Å². The molecule has 3 aromatic carbocycles. The Labute approximate surface area is 207 Å². The lowest BCUT2D eigenvalue weighted by atomic mass is 10.0. The van der Waals surface area contributed by atoms with Gasteiger partial charge in [-0.25, -0.2) is 4.98 Å². The lowest BCUT2D eigenvalue weighted by molar-refractivity contribution is -0.119. The third-order valence-electron chi connectivity index (χ3n) is 6.25. The summed E-state index contributed by atoms with van der Waals surface area (Å²) in [7, 11) is 0. The minimum absolute atomic E-state index is 0.202. The van der Waals surface area contributed by atoms with Crippen molar-refractivity contribution >= 4 is 34.2 Å². The molecule has 0 saturated heterocycles. The lowest BCUT2D eigenvalue weighted by Crippen LogP contribution is -2.48. The number of carbonyl (C=O) groups is 3. The molecule has 3 amide bonds. The molecule has 1 aromatic heterocycles. The van der Waals surface area contributed by atoms with Crippen LogP contribution in [-0.4, -0.2) is 33.6 Å². The Kier molecular flexibility index (Phi) is 6.01. The number of carbonyl (C=O) groups excluding carboxylic acids is 3. The molecule has 35 heavy (non-hydrogen) atoms. The smallest absolute Gasteiger partial charge is 0.262 e. The highest BCUT2D eigenvalue weighted by Crippen LogP contribution is 2.29. The SMILES string of the molecule is Cc1ccc(-c2csc(NC(=O)C(Cc3ccccc3)N3C(=O)c4ccccc4C3=O)n2)cc1C. The third-order valence-corrected chi connectivity index (χ3v) is 7.01. The van der Waals surface area contributed by atoms with Gasteiger partial charge in [-0.3, -0.25) is 19.3 Å². The highest BCUT2D eigenvalue weighted by atomic mass is 32.1. The summed E-state index contributed by atoms with van der Waals surface area (Å²) in [5.74, 6) is -1.38. The highest BCUT2D eigenvalue weighted by Gasteiger charge is 2.42. The van der Waals surface area contributed by atoms with Crippen LogP contribution in [0.25, 0.3) is 11.3 Å². The molecule has 7 heteroatoms. The average Bonchev–Trinajstić information content (AvgIpc) is 3.43. The van der Waals surface area contributed by atoms with Crippen LogP contribution in [-0.2, 0) is 11.2 Å². The van der Waals surface area contributed by atoms with Gasteiger partial charge in [-0.15, -0.1) is 11.3 Å². The number of aryl methyl sites for hydroxylation is 2. The van der Waals surface area contributed by atoms with E-state index >= 15 is 0 Å². The van der Waals surface area contributed by atoms with E-state index in [4.69, 9.17) is 0 Å². The first-order valence-electron chi connectivity index (χ1n) is 11.3. The van der Waals surface area contributed by atoms with Gasteiger partial charge >= 0.3 is 0 Å². The van der Waals surface area contributed by atoms with Gasteiger partial charge in [0.25, 0.3) is 11.8 Å². The van der Waals surface area contributed by atoms with E-state index in [9.17, 15) is 14.4 Å². The molecular formula is C28H23N3O3S. The first-order valence-corrected chi connectivity index (χ1v) is 12.1. The normalized spacial score (nSPS) is 13.6. The summed E-state index contributed by atoms with van der Waals surface area (Å²) >= 11 is 1.31. The summed E-state index contributed by atoms with van der Waals surface area (Å²) < 4.78 is 0. The second-order valence-corrected chi connectivity index (χ2v) is 9.42. The molecule has 1 aliphatic rings. The molecular weight excluding hydrogens is 458 g/mol. The van der Waals surface area contributed by atoms with Crippen LogP contribution in [0.5, 0.6) is 0 Å². The van der Waals surface area contributed by atoms with Crippen LogP contribution < -0.4 is 5.32 Å². The Morgan fingerprint density at radius 2 is 1.57 bits per heavy atom. The molecule has 1 N–H and O–H groups in total. The van der Waals surface area contributed by atoms with Crippen molar-refractivity contribution in [3.63, 3.8) is 0 Å². The van der Waals surface area contributed by atoms with E-state index in [1.54, 1.807) is 24.3 Å². The van der Waals surface area contributed by atoms with Gasteiger partial charge in [0.2, 0.25) is 5.91 Å². The van der Waals surface area contributed by atoms with E-state index in [2.05, 4.69) is 23.3 Å². The predicted octanol–water partition coefficient (Wildman–Crippen LogP) is 5.27. The molecule has 2 heterocycles. The zero-order chi connectivity index (χ0) is 24.5. The number of rotatable bonds is 6. The number of nitrogens with zero attached hydrogens (tertiary/aromatic N) is 2. The molecule has 0 fully saturated rings. The van der Waals surface area contributed by atoms with E-state index < -0.39 is 23.8 Å². The largest absolute Gasteiger partial charge is 0.300 e. The number of hydrogen-bond acceptors (Lipinski definition) is 5.